The first-order valence-electron chi connectivity index (χ1n) is 6.57. The normalized spacial score (nSPS) is 29.9. The molecule has 0 aromatic rings. The molecule has 100 valence electrons. The van der Waals surface area contributed by atoms with Gasteiger partial charge in [-0.25, -0.2) is 0 Å². The maximum atomic E-state index is 11.2. The first-order valence-corrected chi connectivity index (χ1v) is 6.57. The van der Waals surface area contributed by atoms with E-state index in [0.717, 1.165) is 19.0 Å². The minimum absolute atomic E-state index is 0.568. The maximum Gasteiger partial charge on any atom is 0.323 e. The van der Waals surface area contributed by atoms with E-state index in [0.29, 0.717) is 12.5 Å². The fourth-order valence-electron chi connectivity index (χ4n) is 2.44. The molecule has 0 aliphatic carbocycles. The summed E-state index contributed by atoms with van der Waals surface area (Å²) in [5.74, 6) is -0.0490. The van der Waals surface area contributed by atoms with Crippen LogP contribution < -0.4 is 5.32 Å². The Morgan fingerprint density at radius 1 is 1.53 bits per heavy atom. The topological polar surface area (TPSA) is 52.6 Å². The van der Waals surface area contributed by atoms with Gasteiger partial charge in [0.2, 0.25) is 0 Å². The van der Waals surface area contributed by atoms with Crippen molar-refractivity contribution in [1.82, 2.24) is 10.2 Å². The highest BCUT2D eigenvalue weighted by Gasteiger charge is 2.33. The number of carboxylic acid groups (broad SMARTS) is 1. The van der Waals surface area contributed by atoms with E-state index in [1.54, 1.807) is 14.0 Å². The summed E-state index contributed by atoms with van der Waals surface area (Å²) in [6.45, 7) is 8.25. The molecule has 3 atom stereocenters. The standard InChI is InChI=1S/C13H26N2O2/c1-10-6-5-8-15(11(10)2)9-7-13(3,14-4)12(16)17/h10-11,14H,5-9H2,1-4H3,(H,16,17). The van der Waals surface area contributed by atoms with Gasteiger partial charge in [-0.1, -0.05) is 6.92 Å². The van der Waals surface area contributed by atoms with Gasteiger partial charge >= 0.3 is 5.97 Å². The van der Waals surface area contributed by atoms with Crippen LogP contribution in [0, 0.1) is 5.92 Å². The molecule has 0 radical (unpaired) electrons. The minimum Gasteiger partial charge on any atom is -0.480 e. The van der Waals surface area contributed by atoms with Crippen molar-refractivity contribution in [2.75, 3.05) is 20.1 Å². The maximum absolute atomic E-state index is 11.2. The third-order valence-electron chi connectivity index (χ3n) is 4.43. The Balaban J connectivity index is 2.51. The van der Waals surface area contributed by atoms with Crippen molar-refractivity contribution in [2.45, 2.75) is 51.6 Å². The molecule has 2 N–H and O–H groups in total. The van der Waals surface area contributed by atoms with Crippen LogP contribution in [0.5, 0.6) is 0 Å². The third-order valence-corrected chi connectivity index (χ3v) is 4.43. The number of carbonyl (C=O) groups is 1. The van der Waals surface area contributed by atoms with Gasteiger partial charge in [0.15, 0.2) is 0 Å². The predicted molar refractivity (Wildman–Crippen MR) is 69.2 cm³/mol. The summed E-state index contributed by atoms with van der Waals surface area (Å²) in [7, 11) is 1.72. The van der Waals surface area contributed by atoms with Crippen LogP contribution in [0.4, 0.5) is 0 Å². The molecule has 1 aliphatic rings. The van der Waals surface area contributed by atoms with E-state index >= 15 is 0 Å². The van der Waals surface area contributed by atoms with Crippen LogP contribution in [0.1, 0.15) is 40.0 Å². The second-order valence-corrected chi connectivity index (χ2v) is 5.53. The molecule has 1 saturated heterocycles. The van der Waals surface area contributed by atoms with Crippen LogP contribution in [0.15, 0.2) is 0 Å². The highest BCUT2D eigenvalue weighted by Crippen LogP contribution is 2.24. The average molecular weight is 242 g/mol. The number of likely N-dealkylation sites (N-methyl/N-ethyl adjacent to an activating group) is 1. The highest BCUT2D eigenvalue weighted by molar-refractivity contribution is 5.78. The van der Waals surface area contributed by atoms with Crippen molar-refractivity contribution >= 4 is 5.97 Å². The summed E-state index contributed by atoms with van der Waals surface area (Å²) in [4.78, 5) is 13.6. The van der Waals surface area contributed by atoms with Gasteiger partial charge in [-0.15, -0.1) is 0 Å². The third kappa shape index (κ3) is 3.42. The first kappa shape index (κ1) is 14.5. The fourth-order valence-corrected chi connectivity index (χ4v) is 2.44. The number of likely N-dealkylation sites (tertiary alicyclic amines) is 1. The number of carboxylic acids is 1. The van der Waals surface area contributed by atoms with Crippen molar-refractivity contribution in [2.24, 2.45) is 5.92 Å². The molecule has 0 aromatic heterocycles. The number of piperidine rings is 1. The number of rotatable bonds is 5. The van der Waals surface area contributed by atoms with E-state index in [2.05, 4.69) is 24.1 Å². The van der Waals surface area contributed by atoms with Crippen LogP contribution in [0.3, 0.4) is 0 Å². The highest BCUT2D eigenvalue weighted by atomic mass is 16.4. The average Bonchev–Trinajstić information content (AvgIpc) is 2.30. The number of nitrogens with zero attached hydrogens (tertiary/aromatic N) is 1. The fraction of sp³-hybridized carbons (Fsp3) is 0.923. The Hall–Kier alpha value is -0.610. The molecule has 0 aromatic carbocycles. The largest absolute Gasteiger partial charge is 0.480 e. The lowest BCUT2D eigenvalue weighted by molar-refractivity contribution is -0.144. The zero-order valence-corrected chi connectivity index (χ0v) is 11.5. The number of nitrogens with one attached hydrogen (secondary N) is 1. The van der Waals surface area contributed by atoms with Gasteiger partial charge < -0.3 is 15.3 Å². The van der Waals surface area contributed by atoms with Crippen LogP contribution >= 0.6 is 0 Å². The Morgan fingerprint density at radius 2 is 2.18 bits per heavy atom. The smallest absolute Gasteiger partial charge is 0.323 e. The first-order chi connectivity index (χ1) is 7.90. The zero-order valence-electron chi connectivity index (χ0n) is 11.5. The SMILES string of the molecule is CNC(C)(CCN1CCCC(C)C1C)C(=O)O. The summed E-state index contributed by atoms with van der Waals surface area (Å²) in [6.07, 6.45) is 3.17. The number of aliphatic carboxylic acids is 1. The number of hydrogen-bond donors (Lipinski definition) is 2. The molecule has 1 aliphatic heterocycles. The molecule has 1 heterocycles. The van der Waals surface area contributed by atoms with Gasteiger partial charge in [-0.3, -0.25) is 4.79 Å². The van der Waals surface area contributed by atoms with E-state index in [1.165, 1.54) is 12.8 Å². The van der Waals surface area contributed by atoms with Crippen molar-refractivity contribution in [1.29, 1.82) is 0 Å². The molecular formula is C13H26N2O2. The minimum atomic E-state index is -0.805. The predicted octanol–water partition coefficient (Wildman–Crippen LogP) is 1.56. The van der Waals surface area contributed by atoms with Gasteiger partial charge in [0.05, 0.1) is 0 Å². The Kier molecular flexibility index (Phi) is 4.95. The molecule has 1 fully saturated rings. The van der Waals surface area contributed by atoms with Crippen molar-refractivity contribution in [3.8, 4) is 0 Å². The summed E-state index contributed by atoms with van der Waals surface area (Å²) in [5.41, 5.74) is -0.805. The lowest BCUT2D eigenvalue weighted by Crippen LogP contribution is -2.51. The van der Waals surface area contributed by atoms with Crippen LogP contribution in [-0.2, 0) is 4.79 Å². The van der Waals surface area contributed by atoms with Gasteiger partial charge in [0.25, 0.3) is 0 Å². The molecule has 0 spiro atoms. The Bertz CT molecular complexity index is 270. The molecule has 0 amide bonds. The molecule has 1 rings (SSSR count). The second-order valence-electron chi connectivity index (χ2n) is 5.53. The summed E-state index contributed by atoms with van der Waals surface area (Å²) >= 11 is 0. The Morgan fingerprint density at radius 3 is 2.71 bits per heavy atom. The van der Waals surface area contributed by atoms with Crippen LogP contribution in [-0.4, -0.2) is 47.7 Å². The quantitative estimate of drug-likeness (QED) is 0.768. The van der Waals surface area contributed by atoms with Crippen molar-refractivity contribution in [3.05, 3.63) is 0 Å². The van der Waals surface area contributed by atoms with Gasteiger partial charge in [0.1, 0.15) is 5.54 Å². The van der Waals surface area contributed by atoms with E-state index in [9.17, 15) is 9.90 Å². The molecule has 3 unspecified atom stereocenters. The van der Waals surface area contributed by atoms with Gasteiger partial charge in [-0.05, 0) is 52.6 Å². The lowest BCUT2D eigenvalue weighted by Gasteiger charge is -2.39. The van der Waals surface area contributed by atoms with E-state index in [-0.39, 0.29) is 0 Å². The van der Waals surface area contributed by atoms with Crippen LogP contribution in [0.2, 0.25) is 0 Å². The summed E-state index contributed by atoms with van der Waals surface area (Å²) in [6, 6.07) is 0.568. The van der Waals surface area contributed by atoms with E-state index < -0.39 is 11.5 Å². The van der Waals surface area contributed by atoms with E-state index in [1.807, 2.05) is 0 Å². The number of hydrogen-bond acceptors (Lipinski definition) is 3. The van der Waals surface area contributed by atoms with Gasteiger partial charge in [-0.2, -0.15) is 0 Å². The molecule has 4 heteroatoms. The second kappa shape index (κ2) is 5.83. The van der Waals surface area contributed by atoms with Gasteiger partial charge in [0, 0.05) is 12.6 Å². The molecule has 17 heavy (non-hydrogen) atoms. The molecule has 0 bridgehead atoms. The van der Waals surface area contributed by atoms with Crippen molar-refractivity contribution < 1.29 is 9.90 Å². The summed E-state index contributed by atoms with van der Waals surface area (Å²) < 4.78 is 0. The monoisotopic (exact) mass is 242 g/mol. The lowest BCUT2D eigenvalue weighted by atomic mass is 9.90. The molecule has 4 nitrogen and oxygen atoms in total. The Labute approximate surface area is 104 Å². The zero-order chi connectivity index (χ0) is 13.1. The van der Waals surface area contributed by atoms with Crippen molar-refractivity contribution in [3.63, 3.8) is 0 Å². The molecular weight excluding hydrogens is 216 g/mol. The van der Waals surface area contributed by atoms with E-state index in [4.69, 9.17) is 0 Å². The summed E-state index contributed by atoms with van der Waals surface area (Å²) in [5, 5.41) is 12.1. The van der Waals surface area contributed by atoms with Crippen LogP contribution in [0.25, 0.3) is 0 Å². The molecule has 0 saturated carbocycles.